The van der Waals surface area contributed by atoms with E-state index in [2.05, 4.69) is 0 Å². The molecule has 6 heteroatoms. The van der Waals surface area contributed by atoms with Gasteiger partial charge in [0.05, 0.1) is 0 Å². The van der Waals surface area contributed by atoms with Crippen LogP contribution in [0.25, 0.3) is 0 Å². The summed E-state index contributed by atoms with van der Waals surface area (Å²) in [7, 11) is 0. The highest BCUT2D eigenvalue weighted by molar-refractivity contribution is 5.98. The van der Waals surface area contributed by atoms with Gasteiger partial charge in [-0.25, -0.2) is 8.78 Å². The summed E-state index contributed by atoms with van der Waals surface area (Å²) in [5.74, 6) is -4.20. The summed E-state index contributed by atoms with van der Waals surface area (Å²) in [6.45, 7) is 0. The van der Waals surface area contributed by atoms with E-state index in [0.717, 1.165) is 12.1 Å². The van der Waals surface area contributed by atoms with Gasteiger partial charge in [-0.15, -0.1) is 0 Å². The van der Waals surface area contributed by atoms with Gasteiger partial charge in [-0.3, -0.25) is 9.59 Å². The molecule has 0 saturated carbocycles. The normalized spacial score (nSPS) is 12.2. The monoisotopic (exact) mass is 229 g/mol. The third-order valence-electron chi connectivity index (χ3n) is 1.96. The maximum atomic E-state index is 12.8. The SMILES string of the molecule is N[C@@H](CC(=O)c1ccc(F)c(F)c1)C(=O)O. The summed E-state index contributed by atoms with van der Waals surface area (Å²) < 4.78 is 25.3. The van der Waals surface area contributed by atoms with Crippen LogP contribution in [0.5, 0.6) is 0 Å². The Hall–Kier alpha value is -1.82. The first kappa shape index (κ1) is 12.3. The number of carboxylic acid groups (broad SMARTS) is 1. The van der Waals surface area contributed by atoms with E-state index >= 15 is 0 Å². The van der Waals surface area contributed by atoms with Crippen molar-refractivity contribution in [3.8, 4) is 0 Å². The van der Waals surface area contributed by atoms with Gasteiger partial charge in [0, 0.05) is 12.0 Å². The van der Waals surface area contributed by atoms with Crippen LogP contribution in [0, 0.1) is 11.6 Å². The van der Waals surface area contributed by atoms with Crippen LogP contribution in [0.3, 0.4) is 0 Å². The van der Waals surface area contributed by atoms with Crippen molar-refractivity contribution < 1.29 is 23.5 Å². The number of hydrogen-bond acceptors (Lipinski definition) is 3. The van der Waals surface area contributed by atoms with Crippen LogP contribution in [-0.2, 0) is 4.79 Å². The number of rotatable bonds is 4. The molecule has 1 aromatic carbocycles. The molecule has 16 heavy (non-hydrogen) atoms. The zero-order valence-corrected chi connectivity index (χ0v) is 8.11. The van der Waals surface area contributed by atoms with Gasteiger partial charge in [0.2, 0.25) is 0 Å². The van der Waals surface area contributed by atoms with Crippen molar-refractivity contribution in [2.24, 2.45) is 5.73 Å². The Balaban J connectivity index is 2.81. The number of ketones is 1. The van der Waals surface area contributed by atoms with Gasteiger partial charge in [-0.1, -0.05) is 0 Å². The lowest BCUT2D eigenvalue weighted by atomic mass is 10.0. The molecule has 1 rings (SSSR count). The van der Waals surface area contributed by atoms with Crippen molar-refractivity contribution in [2.45, 2.75) is 12.5 Å². The van der Waals surface area contributed by atoms with E-state index in [4.69, 9.17) is 10.8 Å². The molecule has 0 amide bonds. The minimum atomic E-state index is -1.35. The number of carbonyl (C=O) groups is 2. The zero-order chi connectivity index (χ0) is 12.3. The van der Waals surface area contributed by atoms with Crippen LogP contribution in [0.15, 0.2) is 18.2 Å². The number of Topliss-reactive ketones (excluding diaryl/α,β-unsaturated/α-hetero) is 1. The number of halogens is 2. The highest BCUT2D eigenvalue weighted by atomic mass is 19.2. The van der Waals surface area contributed by atoms with Gasteiger partial charge in [-0.2, -0.15) is 0 Å². The Kier molecular flexibility index (Phi) is 3.68. The van der Waals surface area contributed by atoms with Crippen molar-refractivity contribution in [3.05, 3.63) is 35.4 Å². The van der Waals surface area contributed by atoms with E-state index in [0.29, 0.717) is 6.07 Å². The van der Waals surface area contributed by atoms with Crippen LogP contribution >= 0.6 is 0 Å². The topological polar surface area (TPSA) is 80.4 Å². The summed E-state index contributed by atoms with van der Waals surface area (Å²) in [5, 5.41) is 8.47. The second-order valence-electron chi connectivity index (χ2n) is 3.20. The van der Waals surface area contributed by atoms with E-state index in [9.17, 15) is 18.4 Å². The maximum Gasteiger partial charge on any atom is 0.320 e. The van der Waals surface area contributed by atoms with Crippen LogP contribution in [0.4, 0.5) is 8.78 Å². The fourth-order valence-corrected chi connectivity index (χ4v) is 1.07. The number of carboxylic acids is 1. The van der Waals surface area contributed by atoms with Gasteiger partial charge in [0.1, 0.15) is 6.04 Å². The minimum absolute atomic E-state index is 0.101. The number of hydrogen-bond donors (Lipinski definition) is 2. The molecule has 0 unspecified atom stereocenters. The Labute approximate surface area is 89.7 Å². The van der Waals surface area contributed by atoms with Crippen molar-refractivity contribution >= 4 is 11.8 Å². The first-order valence-electron chi connectivity index (χ1n) is 4.38. The molecule has 0 aromatic heterocycles. The molecule has 0 aliphatic rings. The molecule has 86 valence electrons. The zero-order valence-electron chi connectivity index (χ0n) is 8.11. The molecule has 0 aliphatic carbocycles. The Morgan fingerprint density at radius 2 is 1.94 bits per heavy atom. The molecule has 0 radical (unpaired) electrons. The molecule has 0 heterocycles. The molecule has 0 fully saturated rings. The van der Waals surface area contributed by atoms with Crippen LogP contribution in [-0.4, -0.2) is 22.9 Å². The molecule has 0 bridgehead atoms. The van der Waals surface area contributed by atoms with Gasteiger partial charge in [-0.05, 0) is 18.2 Å². The van der Waals surface area contributed by atoms with Gasteiger partial charge in [0.15, 0.2) is 17.4 Å². The number of benzene rings is 1. The first-order valence-corrected chi connectivity index (χ1v) is 4.38. The van der Waals surface area contributed by atoms with E-state index in [-0.39, 0.29) is 5.56 Å². The third-order valence-corrected chi connectivity index (χ3v) is 1.96. The Morgan fingerprint density at radius 3 is 2.44 bits per heavy atom. The smallest absolute Gasteiger partial charge is 0.320 e. The fraction of sp³-hybridized carbons (Fsp3) is 0.200. The highest BCUT2D eigenvalue weighted by Gasteiger charge is 2.18. The average Bonchev–Trinajstić information content (AvgIpc) is 2.21. The molecular weight excluding hydrogens is 220 g/mol. The van der Waals surface area contributed by atoms with Gasteiger partial charge < -0.3 is 10.8 Å². The van der Waals surface area contributed by atoms with Gasteiger partial charge >= 0.3 is 5.97 Å². The lowest BCUT2D eigenvalue weighted by Gasteiger charge is -2.05. The van der Waals surface area contributed by atoms with Crippen molar-refractivity contribution in [1.29, 1.82) is 0 Å². The third kappa shape index (κ3) is 2.83. The van der Waals surface area contributed by atoms with Crippen LogP contribution < -0.4 is 5.73 Å². The van der Waals surface area contributed by atoms with Gasteiger partial charge in [0.25, 0.3) is 0 Å². The molecular formula is C10H9F2NO3. The molecule has 1 aromatic rings. The molecule has 0 spiro atoms. The summed E-state index contributed by atoms with van der Waals surface area (Å²) in [6, 6.07) is 1.25. The fourth-order valence-electron chi connectivity index (χ4n) is 1.07. The van der Waals surface area contributed by atoms with Crippen LogP contribution in [0.1, 0.15) is 16.8 Å². The Bertz CT molecular complexity index is 434. The van der Waals surface area contributed by atoms with E-state index in [1.807, 2.05) is 0 Å². The molecule has 0 saturated heterocycles. The minimum Gasteiger partial charge on any atom is -0.480 e. The van der Waals surface area contributed by atoms with E-state index < -0.39 is 35.8 Å². The molecule has 3 N–H and O–H groups in total. The second-order valence-corrected chi connectivity index (χ2v) is 3.20. The predicted molar refractivity (Wildman–Crippen MR) is 50.9 cm³/mol. The average molecular weight is 229 g/mol. The summed E-state index contributed by atoms with van der Waals surface area (Å²) in [6.07, 6.45) is -0.458. The highest BCUT2D eigenvalue weighted by Crippen LogP contribution is 2.11. The predicted octanol–water partition coefficient (Wildman–Crippen LogP) is 0.950. The van der Waals surface area contributed by atoms with Crippen molar-refractivity contribution in [2.75, 3.05) is 0 Å². The molecule has 4 nitrogen and oxygen atoms in total. The quantitative estimate of drug-likeness (QED) is 0.753. The van der Waals surface area contributed by atoms with E-state index in [1.165, 1.54) is 0 Å². The van der Waals surface area contributed by atoms with E-state index in [1.54, 1.807) is 0 Å². The number of carbonyl (C=O) groups excluding carboxylic acids is 1. The standard InChI is InChI=1S/C10H9F2NO3/c11-6-2-1-5(3-7(6)12)9(14)4-8(13)10(15)16/h1-3,8H,4,13H2,(H,15,16)/t8-/m0/s1. The maximum absolute atomic E-state index is 12.8. The Morgan fingerprint density at radius 1 is 1.31 bits per heavy atom. The summed E-state index contributed by atoms with van der Waals surface area (Å²) in [4.78, 5) is 21.8. The largest absolute Gasteiger partial charge is 0.480 e. The summed E-state index contributed by atoms with van der Waals surface area (Å²) >= 11 is 0. The number of nitrogens with two attached hydrogens (primary N) is 1. The molecule has 1 atom stereocenters. The summed E-state index contributed by atoms with van der Waals surface area (Å²) in [5.41, 5.74) is 5.03. The van der Waals surface area contributed by atoms with Crippen molar-refractivity contribution in [3.63, 3.8) is 0 Å². The lowest BCUT2D eigenvalue weighted by molar-refractivity contribution is -0.138. The van der Waals surface area contributed by atoms with Crippen molar-refractivity contribution in [1.82, 2.24) is 0 Å². The first-order chi connectivity index (χ1) is 7.41. The molecule has 0 aliphatic heterocycles. The lowest BCUT2D eigenvalue weighted by Crippen LogP contribution is -2.32. The second kappa shape index (κ2) is 4.80. The van der Waals surface area contributed by atoms with Crippen LogP contribution in [0.2, 0.25) is 0 Å². The number of aliphatic carboxylic acids is 1.